The molecule has 3 rings (SSSR count). The lowest BCUT2D eigenvalue weighted by atomic mass is 10.1. The molecule has 24 heavy (non-hydrogen) atoms. The lowest BCUT2D eigenvalue weighted by molar-refractivity contribution is -0.384. The molecule has 1 amide bonds. The Morgan fingerprint density at radius 1 is 1.38 bits per heavy atom. The predicted molar refractivity (Wildman–Crippen MR) is 90.9 cm³/mol. The Balaban J connectivity index is 2.21. The Labute approximate surface area is 149 Å². The number of nitro groups is 1. The van der Waals surface area contributed by atoms with Crippen LogP contribution in [0, 0.1) is 15.9 Å². The van der Waals surface area contributed by atoms with Crippen molar-refractivity contribution in [2.45, 2.75) is 0 Å². The maximum Gasteiger partial charge on any atom is 0.311 e. The van der Waals surface area contributed by atoms with Crippen molar-refractivity contribution in [3.05, 3.63) is 37.7 Å². The van der Waals surface area contributed by atoms with E-state index in [2.05, 4.69) is 20.9 Å². The van der Waals surface area contributed by atoms with E-state index in [0.717, 1.165) is 12.6 Å². The van der Waals surface area contributed by atoms with Gasteiger partial charge in [-0.05, 0) is 22.0 Å². The third-order valence-electron chi connectivity index (χ3n) is 3.93. The number of hydrogen-bond donors (Lipinski definition) is 0. The molecule has 2 heterocycles. The number of benzene rings is 1. The van der Waals surface area contributed by atoms with Gasteiger partial charge in [-0.15, -0.1) is 0 Å². The number of carbonyl (C=O) groups excluding carboxylic acids is 1. The predicted octanol–water partition coefficient (Wildman–Crippen LogP) is 2.98. The van der Waals surface area contributed by atoms with Gasteiger partial charge in [-0.1, -0.05) is 11.6 Å². The fourth-order valence-electron chi connectivity index (χ4n) is 2.73. The van der Waals surface area contributed by atoms with Gasteiger partial charge in [0.15, 0.2) is 0 Å². The summed E-state index contributed by atoms with van der Waals surface area (Å²) in [7, 11) is 0. The summed E-state index contributed by atoms with van der Waals surface area (Å²) in [4.78, 5) is 29.0. The molecule has 1 fully saturated rings. The summed E-state index contributed by atoms with van der Waals surface area (Å²) in [6.45, 7) is 1.65. The standard InChI is InChI=1S/C14H11BrClFN4O3/c15-11-9(17)5-8-13(12(11)16)18-6-10(21(23)24)14(8)20-3-1-19(7-22)2-4-20/h5-7H,1-4H2. The van der Waals surface area contributed by atoms with Crippen LogP contribution in [0.2, 0.25) is 5.02 Å². The molecule has 2 aromatic rings. The Kier molecular flexibility index (Phi) is 4.55. The highest BCUT2D eigenvalue weighted by Crippen LogP contribution is 2.41. The van der Waals surface area contributed by atoms with Crippen LogP contribution in [0.5, 0.6) is 0 Å². The molecule has 0 N–H and O–H groups in total. The normalized spacial score (nSPS) is 15.0. The summed E-state index contributed by atoms with van der Waals surface area (Å²) in [5, 5.41) is 11.7. The molecule has 1 aliphatic rings. The first-order valence-corrected chi connectivity index (χ1v) is 8.16. The van der Waals surface area contributed by atoms with Crippen LogP contribution in [-0.4, -0.2) is 47.4 Å². The molecule has 126 valence electrons. The summed E-state index contributed by atoms with van der Waals surface area (Å²) >= 11 is 9.17. The van der Waals surface area contributed by atoms with Gasteiger partial charge < -0.3 is 9.80 Å². The maximum absolute atomic E-state index is 14.1. The van der Waals surface area contributed by atoms with Crippen molar-refractivity contribution in [1.29, 1.82) is 0 Å². The van der Waals surface area contributed by atoms with Gasteiger partial charge >= 0.3 is 5.69 Å². The second-order valence-corrected chi connectivity index (χ2v) is 6.43. The minimum Gasteiger partial charge on any atom is -0.362 e. The molecule has 7 nitrogen and oxygen atoms in total. The van der Waals surface area contributed by atoms with Crippen LogP contribution in [0.4, 0.5) is 15.8 Å². The van der Waals surface area contributed by atoms with E-state index >= 15 is 0 Å². The molecule has 10 heteroatoms. The van der Waals surface area contributed by atoms with Crippen LogP contribution in [0.1, 0.15) is 0 Å². The van der Waals surface area contributed by atoms with E-state index in [1.54, 1.807) is 9.80 Å². The minimum atomic E-state index is -0.623. The van der Waals surface area contributed by atoms with E-state index in [1.807, 2.05) is 0 Å². The number of fused-ring (bicyclic) bond motifs is 1. The summed E-state index contributed by atoms with van der Waals surface area (Å²) in [5.41, 5.74) is 0.326. The highest BCUT2D eigenvalue weighted by molar-refractivity contribution is 9.10. The first-order valence-electron chi connectivity index (χ1n) is 6.99. The number of carbonyl (C=O) groups is 1. The molecule has 1 aromatic heterocycles. The van der Waals surface area contributed by atoms with Crippen molar-refractivity contribution in [1.82, 2.24) is 9.88 Å². The average molecular weight is 418 g/mol. The van der Waals surface area contributed by atoms with Gasteiger partial charge in [0.1, 0.15) is 17.7 Å². The zero-order valence-electron chi connectivity index (χ0n) is 12.2. The Morgan fingerprint density at radius 3 is 2.62 bits per heavy atom. The molecular weight excluding hydrogens is 407 g/mol. The first kappa shape index (κ1) is 16.8. The van der Waals surface area contributed by atoms with Crippen LogP contribution in [0.15, 0.2) is 16.7 Å². The minimum absolute atomic E-state index is 0.0627. The van der Waals surface area contributed by atoms with Gasteiger partial charge in [-0.25, -0.2) is 9.37 Å². The van der Waals surface area contributed by atoms with Crippen LogP contribution in [0.3, 0.4) is 0 Å². The topological polar surface area (TPSA) is 79.6 Å². The highest BCUT2D eigenvalue weighted by atomic mass is 79.9. The third kappa shape index (κ3) is 2.78. The third-order valence-corrected chi connectivity index (χ3v) is 5.30. The fraction of sp³-hybridized carbons (Fsp3) is 0.286. The second-order valence-electron chi connectivity index (χ2n) is 5.26. The molecule has 0 bridgehead atoms. The van der Waals surface area contributed by atoms with Crippen molar-refractivity contribution in [3.63, 3.8) is 0 Å². The number of hydrogen-bond acceptors (Lipinski definition) is 5. The molecular formula is C14H11BrClFN4O3. The lowest BCUT2D eigenvalue weighted by Crippen LogP contribution is -2.46. The van der Waals surface area contributed by atoms with Gasteiger partial charge in [-0.2, -0.15) is 0 Å². The van der Waals surface area contributed by atoms with Crippen molar-refractivity contribution in [3.8, 4) is 0 Å². The zero-order chi connectivity index (χ0) is 17.4. The molecule has 0 unspecified atom stereocenters. The van der Waals surface area contributed by atoms with E-state index in [1.165, 1.54) is 6.07 Å². The highest BCUT2D eigenvalue weighted by Gasteiger charge is 2.28. The van der Waals surface area contributed by atoms with E-state index in [9.17, 15) is 19.3 Å². The van der Waals surface area contributed by atoms with Crippen molar-refractivity contribution in [2.24, 2.45) is 0 Å². The number of halogens is 3. The number of piperazine rings is 1. The molecule has 0 radical (unpaired) electrons. The number of nitrogens with zero attached hydrogens (tertiary/aromatic N) is 4. The van der Waals surface area contributed by atoms with Gasteiger partial charge in [0.2, 0.25) is 6.41 Å². The van der Waals surface area contributed by atoms with E-state index in [0.29, 0.717) is 26.2 Å². The van der Waals surface area contributed by atoms with E-state index in [4.69, 9.17) is 11.6 Å². The molecule has 1 saturated heterocycles. The monoisotopic (exact) mass is 416 g/mol. The smallest absolute Gasteiger partial charge is 0.311 e. The maximum atomic E-state index is 14.1. The SMILES string of the molecule is O=CN1CCN(c2c([N+](=O)[O-])cnc3c(Cl)c(Br)c(F)cc23)CC1. The Hall–Kier alpha value is -2.00. The lowest BCUT2D eigenvalue weighted by Gasteiger charge is -2.34. The Bertz CT molecular complexity index is 843. The van der Waals surface area contributed by atoms with Crippen molar-refractivity contribution >= 4 is 56.2 Å². The molecule has 0 spiro atoms. The number of amides is 1. The summed E-state index contributed by atoms with van der Waals surface area (Å²) in [6, 6.07) is 1.19. The average Bonchev–Trinajstić information content (AvgIpc) is 2.59. The molecule has 1 aliphatic heterocycles. The fourth-order valence-corrected chi connectivity index (χ4v) is 3.28. The number of rotatable bonds is 3. The summed E-state index contributed by atoms with van der Waals surface area (Å²) < 4.78 is 14.2. The number of pyridine rings is 1. The van der Waals surface area contributed by atoms with Gasteiger partial charge in [0, 0.05) is 31.6 Å². The largest absolute Gasteiger partial charge is 0.362 e. The van der Waals surface area contributed by atoms with Crippen LogP contribution < -0.4 is 4.90 Å². The Morgan fingerprint density at radius 2 is 2.04 bits per heavy atom. The number of anilines is 1. The van der Waals surface area contributed by atoms with Gasteiger partial charge in [0.05, 0.1) is 19.9 Å². The van der Waals surface area contributed by atoms with E-state index in [-0.39, 0.29) is 31.8 Å². The zero-order valence-corrected chi connectivity index (χ0v) is 14.5. The number of aromatic nitrogens is 1. The second kappa shape index (κ2) is 6.48. The van der Waals surface area contributed by atoms with Gasteiger partial charge in [-0.3, -0.25) is 14.9 Å². The van der Waals surface area contributed by atoms with Crippen molar-refractivity contribution < 1.29 is 14.1 Å². The van der Waals surface area contributed by atoms with Crippen LogP contribution >= 0.6 is 27.5 Å². The van der Waals surface area contributed by atoms with Gasteiger partial charge in [0.25, 0.3) is 0 Å². The summed E-state index contributed by atoms with van der Waals surface area (Å²) in [5.74, 6) is -0.623. The van der Waals surface area contributed by atoms with Crippen LogP contribution in [-0.2, 0) is 4.79 Å². The molecule has 1 aromatic carbocycles. The first-order chi connectivity index (χ1) is 11.4. The summed E-state index contributed by atoms with van der Waals surface area (Å²) in [6.07, 6.45) is 1.87. The molecule has 0 aliphatic carbocycles. The molecule has 0 saturated carbocycles. The van der Waals surface area contributed by atoms with E-state index < -0.39 is 10.7 Å². The van der Waals surface area contributed by atoms with Crippen LogP contribution in [0.25, 0.3) is 10.9 Å². The quantitative estimate of drug-likeness (QED) is 0.332. The molecule has 0 atom stereocenters. The van der Waals surface area contributed by atoms with Crippen molar-refractivity contribution in [2.75, 3.05) is 31.1 Å².